The topological polar surface area (TPSA) is 46.2 Å². The maximum absolute atomic E-state index is 9.25. The van der Waals surface area contributed by atoms with E-state index in [4.69, 9.17) is 5.73 Å². The van der Waals surface area contributed by atoms with Crippen molar-refractivity contribution in [2.24, 2.45) is 5.73 Å². The lowest BCUT2D eigenvalue weighted by Gasteiger charge is -2.09. The van der Waals surface area contributed by atoms with Crippen LogP contribution in [0.4, 0.5) is 0 Å². The van der Waals surface area contributed by atoms with Crippen LogP contribution in [-0.4, -0.2) is 11.1 Å². The minimum absolute atomic E-state index is 0.110. The minimum atomic E-state index is 0.110. The van der Waals surface area contributed by atoms with Crippen LogP contribution in [0, 0.1) is 0 Å². The van der Waals surface area contributed by atoms with E-state index in [2.05, 4.69) is 6.92 Å². The van der Waals surface area contributed by atoms with E-state index in [-0.39, 0.29) is 11.5 Å². The fraction of sp³-hybridized carbons (Fsp3) is 0.400. The zero-order valence-electron chi connectivity index (χ0n) is 7.12. The normalized spacial score (nSPS) is 33.3. The Morgan fingerprint density at radius 1 is 1.58 bits per heavy atom. The van der Waals surface area contributed by atoms with Gasteiger partial charge in [-0.05, 0) is 24.1 Å². The molecule has 0 saturated heterocycles. The summed E-state index contributed by atoms with van der Waals surface area (Å²) in [5.74, 6) is 0.327. The molecule has 12 heavy (non-hydrogen) atoms. The Morgan fingerprint density at radius 3 is 2.75 bits per heavy atom. The van der Waals surface area contributed by atoms with Gasteiger partial charge >= 0.3 is 0 Å². The Hall–Kier alpha value is -1.02. The Morgan fingerprint density at radius 2 is 2.25 bits per heavy atom. The highest BCUT2D eigenvalue weighted by Gasteiger charge is 2.48. The monoisotopic (exact) mass is 163 g/mol. The van der Waals surface area contributed by atoms with E-state index >= 15 is 0 Å². The highest BCUT2D eigenvalue weighted by Crippen LogP contribution is 2.46. The zero-order valence-corrected chi connectivity index (χ0v) is 7.12. The summed E-state index contributed by atoms with van der Waals surface area (Å²) in [5, 5.41) is 9.25. The molecule has 0 aromatic heterocycles. The smallest absolute Gasteiger partial charge is 0.115 e. The molecule has 0 amide bonds. The Balaban J connectivity index is 2.36. The number of benzene rings is 1. The molecule has 0 bridgehead atoms. The van der Waals surface area contributed by atoms with Crippen LogP contribution in [0.15, 0.2) is 24.3 Å². The molecule has 0 spiro atoms. The fourth-order valence-electron chi connectivity index (χ4n) is 1.59. The number of aromatic hydroxyl groups is 1. The van der Waals surface area contributed by atoms with Gasteiger partial charge in [-0.3, -0.25) is 0 Å². The molecule has 0 radical (unpaired) electrons. The van der Waals surface area contributed by atoms with E-state index < -0.39 is 0 Å². The highest BCUT2D eigenvalue weighted by atomic mass is 16.3. The van der Waals surface area contributed by atoms with E-state index in [0.717, 1.165) is 12.0 Å². The van der Waals surface area contributed by atoms with Gasteiger partial charge in [0.2, 0.25) is 0 Å². The van der Waals surface area contributed by atoms with Gasteiger partial charge in [0.25, 0.3) is 0 Å². The van der Waals surface area contributed by atoms with Crippen molar-refractivity contribution in [2.75, 3.05) is 0 Å². The largest absolute Gasteiger partial charge is 0.508 e. The predicted molar refractivity (Wildman–Crippen MR) is 48.1 cm³/mol. The number of nitrogens with two attached hydrogens (primary N) is 1. The molecule has 1 aromatic carbocycles. The number of rotatable bonds is 1. The summed E-state index contributed by atoms with van der Waals surface area (Å²) in [6, 6.07) is 7.63. The average molecular weight is 163 g/mol. The van der Waals surface area contributed by atoms with Crippen LogP contribution in [0.1, 0.15) is 18.9 Å². The van der Waals surface area contributed by atoms with E-state index in [0.29, 0.717) is 5.75 Å². The van der Waals surface area contributed by atoms with Crippen molar-refractivity contribution >= 4 is 0 Å². The number of phenols is 1. The van der Waals surface area contributed by atoms with Crippen LogP contribution < -0.4 is 5.73 Å². The first-order valence-electron chi connectivity index (χ1n) is 4.18. The average Bonchev–Trinajstić information content (AvgIpc) is 2.61. The molecule has 2 heteroatoms. The molecule has 0 heterocycles. The fourth-order valence-corrected chi connectivity index (χ4v) is 1.59. The van der Waals surface area contributed by atoms with Gasteiger partial charge in [-0.25, -0.2) is 0 Å². The quantitative estimate of drug-likeness (QED) is 0.657. The van der Waals surface area contributed by atoms with Gasteiger partial charge in [0, 0.05) is 11.5 Å². The van der Waals surface area contributed by atoms with Gasteiger partial charge < -0.3 is 10.8 Å². The lowest BCUT2D eigenvalue weighted by molar-refractivity contribution is 0.473. The summed E-state index contributed by atoms with van der Waals surface area (Å²) < 4.78 is 0. The summed E-state index contributed by atoms with van der Waals surface area (Å²) in [4.78, 5) is 0. The van der Waals surface area contributed by atoms with Gasteiger partial charge in [-0.1, -0.05) is 19.1 Å². The van der Waals surface area contributed by atoms with Crippen molar-refractivity contribution in [3.63, 3.8) is 0 Å². The Bertz CT molecular complexity index is 310. The summed E-state index contributed by atoms with van der Waals surface area (Å²) in [6.07, 6.45) is 1.02. The third-order valence-electron chi connectivity index (χ3n) is 2.81. The first-order valence-corrected chi connectivity index (χ1v) is 4.18. The van der Waals surface area contributed by atoms with Gasteiger partial charge in [-0.2, -0.15) is 0 Å². The molecule has 2 rings (SSSR count). The third-order valence-corrected chi connectivity index (χ3v) is 2.81. The molecular formula is C10H13NO. The molecule has 2 atom stereocenters. The molecule has 1 fully saturated rings. The second-order valence-electron chi connectivity index (χ2n) is 3.78. The molecule has 2 nitrogen and oxygen atoms in total. The summed E-state index contributed by atoms with van der Waals surface area (Å²) in [6.45, 7) is 2.13. The third kappa shape index (κ3) is 0.994. The highest BCUT2D eigenvalue weighted by molar-refractivity contribution is 5.38. The molecule has 64 valence electrons. The summed E-state index contributed by atoms with van der Waals surface area (Å²) in [7, 11) is 0. The first-order chi connectivity index (χ1) is 5.63. The second kappa shape index (κ2) is 2.23. The lowest BCUT2D eigenvalue weighted by Crippen LogP contribution is -2.14. The van der Waals surface area contributed by atoms with Crippen LogP contribution in [0.5, 0.6) is 5.75 Å². The van der Waals surface area contributed by atoms with Crippen molar-refractivity contribution in [1.29, 1.82) is 0 Å². The molecular weight excluding hydrogens is 150 g/mol. The molecule has 1 aliphatic rings. The molecule has 1 aliphatic carbocycles. The lowest BCUT2D eigenvalue weighted by atomic mass is 9.97. The van der Waals surface area contributed by atoms with Crippen LogP contribution >= 0.6 is 0 Å². The van der Waals surface area contributed by atoms with Crippen molar-refractivity contribution < 1.29 is 5.11 Å². The summed E-state index contributed by atoms with van der Waals surface area (Å²) >= 11 is 0. The van der Waals surface area contributed by atoms with Gasteiger partial charge in [0.1, 0.15) is 5.75 Å². The van der Waals surface area contributed by atoms with Crippen LogP contribution in [-0.2, 0) is 5.41 Å². The Kier molecular flexibility index (Phi) is 1.42. The van der Waals surface area contributed by atoms with E-state index in [9.17, 15) is 5.11 Å². The van der Waals surface area contributed by atoms with Crippen LogP contribution in [0.3, 0.4) is 0 Å². The number of hydrogen-bond donors (Lipinski definition) is 2. The first kappa shape index (κ1) is 7.62. The molecule has 0 aliphatic heterocycles. The minimum Gasteiger partial charge on any atom is -0.508 e. The van der Waals surface area contributed by atoms with Crippen molar-refractivity contribution in [3.8, 4) is 5.75 Å². The maximum Gasteiger partial charge on any atom is 0.115 e. The Labute approximate surface area is 72.0 Å². The second-order valence-corrected chi connectivity index (χ2v) is 3.78. The predicted octanol–water partition coefficient (Wildman–Crippen LogP) is 1.38. The van der Waals surface area contributed by atoms with Gasteiger partial charge in [0.05, 0.1) is 0 Å². The molecule has 1 saturated carbocycles. The van der Waals surface area contributed by atoms with E-state index in [1.807, 2.05) is 12.1 Å². The SMILES string of the molecule is CC1(c2cccc(O)c2)C[C@H]1N. The summed E-state index contributed by atoms with van der Waals surface area (Å²) in [5.41, 5.74) is 7.06. The molecule has 3 N–H and O–H groups in total. The van der Waals surface area contributed by atoms with Crippen LogP contribution in [0.25, 0.3) is 0 Å². The van der Waals surface area contributed by atoms with E-state index in [1.165, 1.54) is 0 Å². The van der Waals surface area contributed by atoms with E-state index in [1.54, 1.807) is 12.1 Å². The maximum atomic E-state index is 9.25. The standard InChI is InChI=1S/C10H13NO/c1-10(6-9(10)11)7-3-2-4-8(12)5-7/h2-5,9,12H,6,11H2,1H3/t9-,10?/m1/s1. The van der Waals surface area contributed by atoms with Crippen molar-refractivity contribution in [2.45, 2.75) is 24.8 Å². The van der Waals surface area contributed by atoms with Gasteiger partial charge in [0.15, 0.2) is 0 Å². The van der Waals surface area contributed by atoms with Crippen molar-refractivity contribution in [1.82, 2.24) is 0 Å². The zero-order chi connectivity index (χ0) is 8.77. The number of phenolic OH excluding ortho intramolecular Hbond substituents is 1. The van der Waals surface area contributed by atoms with Crippen molar-refractivity contribution in [3.05, 3.63) is 29.8 Å². The molecule has 1 aromatic rings. The molecule has 1 unspecified atom stereocenters. The number of hydrogen-bond acceptors (Lipinski definition) is 2. The van der Waals surface area contributed by atoms with Crippen LogP contribution in [0.2, 0.25) is 0 Å². The van der Waals surface area contributed by atoms with Gasteiger partial charge in [-0.15, -0.1) is 0 Å².